The molecule has 9 aromatic carbocycles. The van der Waals surface area contributed by atoms with Crippen LogP contribution in [0.25, 0.3) is 93.6 Å². The second-order valence-electron chi connectivity index (χ2n) is 16.8. The van der Waals surface area contributed by atoms with Crippen molar-refractivity contribution in [2.45, 2.75) is 19.3 Å². The van der Waals surface area contributed by atoms with Crippen LogP contribution in [0.2, 0.25) is 0 Å². The van der Waals surface area contributed by atoms with Crippen molar-refractivity contribution >= 4 is 82.7 Å². The van der Waals surface area contributed by atoms with Gasteiger partial charge in [0.1, 0.15) is 22.4 Å². The number of hydrogen-bond donors (Lipinski definition) is 0. The van der Waals surface area contributed by atoms with E-state index in [1.165, 1.54) is 33.0 Å². The maximum atomic E-state index is 7.27. The highest BCUT2D eigenvalue weighted by Gasteiger charge is 2.36. The van der Waals surface area contributed by atoms with Crippen LogP contribution >= 0.6 is 0 Å². The molecule has 61 heavy (non-hydrogen) atoms. The van der Waals surface area contributed by atoms with E-state index in [1.807, 2.05) is 6.07 Å². The Morgan fingerprint density at radius 2 is 1.05 bits per heavy atom. The van der Waals surface area contributed by atoms with Crippen molar-refractivity contribution in [2.24, 2.45) is 0 Å². The summed E-state index contributed by atoms with van der Waals surface area (Å²) in [4.78, 5) is 2.40. The van der Waals surface area contributed by atoms with Crippen molar-refractivity contribution in [1.29, 1.82) is 0 Å². The van der Waals surface area contributed by atoms with E-state index in [0.29, 0.717) is 0 Å². The lowest BCUT2D eigenvalue weighted by atomic mass is 9.82. The van der Waals surface area contributed by atoms with Gasteiger partial charge in [-0.3, -0.25) is 0 Å². The third-order valence-corrected chi connectivity index (χ3v) is 13.2. The van der Waals surface area contributed by atoms with Crippen LogP contribution < -0.4 is 4.90 Å². The molecule has 4 nitrogen and oxygen atoms in total. The molecule has 0 spiro atoms. The van der Waals surface area contributed by atoms with Crippen LogP contribution in [0.15, 0.2) is 203 Å². The molecule has 0 unspecified atom stereocenters. The minimum absolute atomic E-state index is 0.153. The van der Waals surface area contributed by atoms with Crippen LogP contribution in [-0.2, 0) is 5.41 Å². The van der Waals surface area contributed by atoms with Crippen LogP contribution in [0.3, 0.4) is 0 Å². The molecule has 0 bridgehead atoms. The quantitative estimate of drug-likeness (QED) is 0.174. The Hall–Kier alpha value is -7.82. The summed E-state index contributed by atoms with van der Waals surface area (Å²) in [6.07, 6.45) is 0. The number of furan rings is 2. The molecule has 0 N–H and O–H groups in total. The van der Waals surface area contributed by atoms with E-state index in [-0.39, 0.29) is 5.41 Å². The van der Waals surface area contributed by atoms with Gasteiger partial charge in [0.15, 0.2) is 5.58 Å². The molecule has 12 aromatic rings. The van der Waals surface area contributed by atoms with Gasteiger partial charge in [-0.1, -0.05) is 147 Å². The maximum absolute atomic E-state index is 7.27. The Kier molecular flexibility index (Phi) is 7.04. The first-order chi connectivity index (χ1) is 30.0. The monoisotopic (exact) mass is 782 g/mol. The van der Waals surface area contributed by atoms with E-state index >= 15 is 0 Å². The fraction of sp³-hybridized carbons (Fsp3) is 0.0526. The normalized spacial score (nSPS) is 13.2. The fourth-order valence-corrected chi connectivity index (χ4v) is 10.4. The molecule has 0 fully saturated rings. The fourth-order valence-electron chi connectivity index (χ4n) is 10.4. The topological polar surface area (TPSA) is 34.5 Å². The van der Waals surface area contributed by atoms with Crippen molar-refractivity contribution in [1.82, 2.24) is 4.57 Å². The predicted molar refractivity (Wildman–Crippen MR) is 253 cm³/mol. The van der Waals surface area contributed by atoms with Crippen LogP contribution in [0.5, 0.6) is 0 Å². The molecule has 3 heterocycles. The Morgan fingerprint density at radius 1 is 0.426 bits per heavy atom. The smallest absolute Gasteiger partial charge is 0.160 e. The first kappa shape index (κ1) is 34.1. The number of fused-ring (bicyclic) bond motifs is 12. The summed E-state index contributed by atoms with van der Waals surface area (Å²) in [5.74, 6) is 0. The number of para-hydroxylation sites is 4. The van der Waals surface area contributed by atoms with E-state index < -0.39 is 0 Å². The van der Waals surface area contributed by atoms with Gasteiger partial charge in [0.05, 0.1) is 22.1 Å². The highest BCUT2D eigenvalue weighted by atomic mass is 16.3. The highest BCUT2D eigenvalue weighted by molar-refractivity contribution is 6.23. The minimum Gasteiger partial charge on any atom is -0.456 e. The van der Waals surface area contributed by atoms with Crippen molar-refractivity contribution in [3.8, 4) is 27.9 Å². The van der Waals surface area contributed by atoms with Crippen molar-refractivity contribution < 1.29 is 8.83 Å². The van der Waals surface area contributed by atoms with Gasteiger partial charge in [0, 0.05) is 55.4 Å². The van der Waals surface area contributed by atoms with Crippen molar-refractivity contribution in [2.75, 3.05) is 4.90 Å². The number of aromatic nitrogens is 1. The van der Waals surface area contributed by atoms with Crippen LogP contribution in [-0.4, -0.2) is 4.57 Å². The molecule has 0 saturated heterocycles. The standard InChI is InChI=1S/C57H38N2O2/c1-57(2)46-23-11-6-19-39(46)40-30-28-36(32-47(40)57)58(48-24-12-7-18-38(48)35-16-4-3-5-17-35)37-29-31-43-45-34-53-54(44-22-10-15-27-51(44)60-53)55(56(45)61-52(43)33-37)59-49-25-13-8-20-41(49)42-21-9-14-26-50(42)59/h3-34H,1-2H3. The molecule has 1 aliphatic rings. The third kappa shape index (κ3) is 4.82. The van der Waals surface area contributed by atoms with Gasteiger partial charge < -0.3 is 18.3 Å². The Labute approximate surface area is 352 Å². The molecule has 0 saturated carbocycles. The Bertz CT molecular complexity index is 3700. The predicted octanol–water partition coefficient (Wildman–Crippen LogP) is 16.0. The molecule has 288 valence electrons. The number of anilines is 3. The zero-order chi connectivity index (χ0) is 40.4. The second-order valence-corrected chi connectivity index (χ2v) is 16.8. The van der Waals surface area contributed by atoms with Crippen molar-refractivity contribution in [3.63, 3.8) is 0 Å². The molecule has 0 atom stereocenters. The summed E-state index contributed by atoms with van der Waals surface area (Å²) < 4.78 is 16.3. The lowest BCUT2D eigenvalue weighted by Crippen LogP contribution is -2.16. The van der Waals surface area contributed by atoms with E-state index in [2.05, 4.69) is 211 Å². The van der Waals surface area contributed by atoms with Gasteiger partial charge in [-0.2, -0.15) is 0 Å². The van der Waals surface area contributed by atoms with Gasteiger partial charge in [-0.15, -0.1) is 0 Å². The summed E-state index contributed by atoms with van der Waals surface area (Å²) in [6, 6.07) is 69.8. The SMILES string of the molecule is CC1(C)c2ccccc2-c2ccc(N(c3ccc4c(c3)oc3c(-n5c6ccccc6c6ccccc65)c5c(cc34)oc3ccccc35)c3ccccc3-c3ccccc3)cc21. The van der Waals surface area contributed by atoms with Gasteiger partial charge >= 0.3 is 0 Å². The molecule has 0 radical (unpaired) electrons. The first-order valence-electron chi connectivity index (χ1n) is 21.0. The van der Waals surface area contributed by atoms with E-state index in [1.54, 1.807) is 0 Å². The molecule has 0 aliphatic heterocycles. The average molecular weight is 783 g/mol. The number of rotatable bonds is 5. The largest absolute Gasteiger partial charge is 0.456 e. The van der Waals surface area contributed by atoms with Gasteiger partial charge in [-0.05, 0) is 82.4 Å². The van der Waals surface area contributed by atoms with Gasteiger partial charge in [-0.25, -0.2) is 0 Å². The lowest BCUT2D eigenvalue weighted by molar-refractivity contribution is 0.660. The molecule has 4 heteroatoms. The first-order valence-corrected chi connectivity index (χ1v) is 21.0. The zero-order valence-corrected chi connectivity index (χ0v) is 33.7. The summed E-state index contributed by atoms with van der Waals surface area (Å²) >= 11 is 0. The molecule has 1 aliphatic carbocycles. The van der Waals surface area contributed by atoms with Crippen LogP contribution in [0, 0.1) is 0 Å². The summed E-state index contributed by atoms with van der Waals surface area (Å²) in [5, 5.41) is 6.53. The average Bonchev–Trinajstić information content (AvgIpc) is 4.03. The zero-order valence-electron chi connectivity index (χ0n) is 33.7. The molecular weight excluding hydrogens is 745 g/mol. The highest BCUT2D eigenvalue weighted by Crippen LogP contribution is 2.52. The number of hydrogen-bond acceptors (Lipinski definition) is 3. The molecule has 13 rings (SSSR count). The van der Waals surface area contributed by atoms with E-state index in [9.17, 15) is 0 Å². The summed E-state index contributed by atoms with van der Waals surface area (Å²) in [6.45, 7) is 4.69. The van der Waals surface area contributed by atoms with Gasteiger partial charge in [0.2, 0.25) is 0 Å². The maximum Gasteiger partial charge on any atom is 0.160 e. The van der Waals surface area contributed by atoms with E-state index in [0.717, 1.165) is 88.8 Å². The number of benzene rings is 9. The molecular formula is C57H38N2O2. The number of nitrogens with zero attached hydrogens (tertiary/aromatic N) is 2. The summed E-state index contributed by atoms with van der Waals surface area (Å²) in [7, 11) is 0. The Morgan fingerprint density at radius 3 is 1.85 bits per heavy atom. The summed E-state index contributed by atoms with van der Waals surface area (Å²) in [5.41, 5.74) is 17.2. The molecule has 0 amide bonds. The Balaban J connectivity index is 1.09. The second kappa shape index (κ2) is 12.6. The van der Waals surface area contributed by atoms with E-state index in [4.69, 9.17) is 8.83 Å². The molecule has 3 aromatic heterocycles. The lowest BCUT2D eigenvalue weighted by Gasteiger charge is -2.29. The van der Waals surface area contributed by atoms with Crippen LogP contribution in [0.4, 0.5) is 17.1 Å². The minimum atomic E-state index is -0.153. The third-order valence-electron chi connectivity index (χ3n) is 13.2. The van der Waals surface area contributed by atoms with Crippen LogP contribution in [0.1, 0.15) is 25.0 Å². The van der Waals surface area contributed by atoms with Crippen molar-refractivity contribution in [3.05, 3.63) is 205 Å². The van der Waals surface area contributed by atoms with Gasteiger partial charge in [0.25, 0.3) is 0 Å².